The zero-order valence-corrected chi connectivity index (χ0v) is 14.1. The summed E-state index contributed by atoms with van der Waals surface area (Å²) in [6.45, 7) is 0. The van der Waals surface area contributed by atoms with Gasteiger partial charge in [0.25, 0.3) is 0 Å². The topological polar surface area (TPSA) is 38.0 Å². The van der Waals surface area contributed by atoms with Crippen molar-refractivity contribution in [3.05, 3.63) is 62.8 Å². The van der Waals surface area contributed by atoms with E-state index in [1.807, 2.05) is 12.1 Å². The number of benzene rings is 2. The molecule has 0 aromatic heterocycles. The van der Waals surface area contributed by atoms with Crippen molar-refractivity contribution in [3.8, 4) is 0 Å². The summed E-state index contributed by atoms with van der Waals surface area (Å²) < 4.78 is 15.0. The van der Waals surface area contributed by atoms with Crippen LogP contribution in [-0.2, 0) is 0 Å². The smallest absolute Gasteiger partial charge is 0.147 e. The molecule has 3 rings (SSSR count). The Kier molecular flexibility index (Phi) is 4.57. The van der Waals surface area contributed by atoms with Crippen LogP contribution in [0.15, 0.2) is 45.8 Å². The molecule has 1 aliphatic heterocycles. The van der Waals surface area contributed by atoms with Gasteiger partial charge in [0.2, 0.25) is 0 Å². The first kappa shape index (κ1) is 15.3. The summed E-state index contributed by atoms with van der Waals surface area (Å²) in [5, 5.41) is 0.0895. The van der Waals surface area contributed by atoms with Gasteiger partial charge in [0, 0.05) is 26.6 Å². The molecule has 21 heavy (non-hydrogen) atoms. The Morgan fingerprint density at radius 3 is 2.86 bits per heavy atom. The van der Waals surface area contributed by atoms with Crippen LogP contribution in [-0.4, -0.2) is 5.75 Å². The molecule has 0 amide bonds. The molecule has 0 saturated heterocycles. The Labute approximate surface area is 140 Å². The molecule has 110 valence electrons. The molecule has 0 radical (unpaired) electrons. The van der Waals surface area contributed by atoms with Crippen LogP contribution in [0.5, 0.6) is 0 Å². The van der Waals surface area contributed by atoms with Crippen molar-refractivity contribution >= 4 is 39.3 Å². The van der Waals surface area contributed by atoms with E-state index in [4.69, 9.17) is 17.4 Å². The number of thioether (sulfide) groups is 1. The van der Waals surface area contributed by atoms with E-state index in [1.54, 1.807) is 23.9 Å². The molecular weight excluding hydrogens is 375 g/mol. The second-order valence-corrected chi connectivity index (χ2v) is 7.16. The maximum absolute atomic E-state index is 14.5. The zero-order valence-electron chi connectivity index (χ0n) is 10.9. The van der Waals surface area contributed by atoms with Gasteiger partial charge in [0.1, 0.15) is 5.82 Å². The first-order chi connectivity index (χ1) is 10.1. The summed E-state index contributed by atoms with van der Waals surface area (Å²) in [7, 11) is 0. The van der Waals surface area contributed by atoms with Gasteiger partial charge in [-0.2, -0.15) is 0 Å². The lowest BCUT2D eigenvalue weighted by molar-refractivity contribution is 0.460. The molecule has 0 fully saturated rings. The molecule has 2 unspecified atom stereocenters. The maximum atomic E-state index is 14.5. The van der Waals surface area contributed by atoms with Gasteiger partial charge >= 0.3 is 0 Å². The number of halogens is 3. The Morgan fingerprint density at radius 1 is 1.33 bits per heavy atom. The number of fused-ring (bicyclic) bond motifs is 1. The van der Waals surface area contributed by atoms with E-state index in [0.29, 0.717) is 10.0 Å². The fourth-order valence-corrected chi connectivity index (χ4v) is 4.44. The third-order valence-corrected chi connectivity index (χ3v) is 6.19. The van der Waals surface area contributed by atoms with Crippen LogP contribution in [0.1, 0.15) is 23.1 Å². The molecule has 6 heteroatoms. The van der Waals surface area contributed by atoms with Crippen LogP contribution in [0.25, 0.3) is 0 Å². The van der Waals surface area contributed by atoms with Crippen LogP contribution >= 0.6 is 39.3 Å². The van der Waals surface area contributed by atoms with Gasteiger partial charge in [-0.1, -0.05) is 35.9 Å². The molecule has 0 saturated carbocycles. The van der Waals surface area contributed by atoms with E-state index in [0.717, 1.165) is 5.75 Å². The van der Waals surface area contributed by atoms with Crippen LogP contribution in [0.2, 0.25) is 5.02 Å². The standard InChI is InChI=1S/C15H13BrClFN2S/c16-11-6-5-9(14(18)13(11)17)15(20-19)10-7-21-12-4-2-1-3-8(10)12/h1-6,10,15,20H,7,19H2. The lowest BCUT2D eigenvalue weighted by Gasteiger charge is -2.24. The number of hydrogen-bond acceptors (Lipinski definition) is 3. The minimum absolute atomic E-state index is 0.0895. The van der Waals surface area contributed by atoms with Gasteiger partial charge in [-0.3, -0.25) is 11.3 Å². The van der Waals surface area contributed by atoms with Gasteiger partial charge in [-0.15, -0.1) is 11.8 Å². The Bertz CT molecular complexity index is 683. The summed E-state index contributed by atoms with van der Waals surface area (Å²) >= 11 is 11.0. The quantitative estimate of drug-likeness (QED) is 0.458. The number of nitrogens with one attached hydrogen (secondary N) is 1. The minimum atomic E-state index is -0.427. The van der Waals surface area contributed by atoms with Crippen molar-refractivity contribution in [1.29, 1.82) is 0 Å². The highest BCUT2D eigenvalue weighted by atomic mass is 79.9. The van der Waals surface area contributed by atoms with E-state index in [1.165, 1.54) is 10.5 Å². The average Bonchev–Trinajstić information content (AvgIpc) is 2.92. The maximum Gasteiger partial charge on any atom is 0.147 e. The van der Waals surface area contributed by atoms with E-state index < -0.39 is 5.82 Å². The summed E-state index contributed by atoms with van der Waals surface area (Å²) in [4.78, 5) is 1.23. The highest BCUT2D eigenvalue weighted by Crippen LogP contribution is 2.46. The second-order valence-electron chi connectivity index (χ2n) is 4.86. The average molecular weight is 388 g/mol. The van der Waals surface area contributed by atoms with Crippen LogP contribution < -0.4 is 11.3 Å². The van der Waals surface area contributed by atoms with Gasteiger partial charge in [-0.25, -0.2) is 4.39 Å². The van der Waals surface area contributed by atoms with E-state index in [-0.39, 0.29) is 17.0 Å². The van der Waals surface area contributed by atoms with E-state index >= 15 is 0 Å². The summed E-state index contributed by atoms with van der Waals surface area (Å²) in [5.41, 5.74) is 4.45. The van der Waals surface area contributed by atoms with Gasteiger partial charge in [-0.05, 0) is 33.6 Å². The van der Waals surface area contributed by atoms with Gasteiger partial charge in [0.05, 0.1) is 11.1 Å². The molecule has 2 nitrogen and oxygen atoms in total. The van der Waals surface area contributed by atoms with Crippen molar-refractivity contribution in [2.45, 2.75) is 16.9 Å². The van der Waals surface area contributed by atoms with Crippen LogP contribution in [0.3, 0.4) is 0 Å². The van der Waals surface area contributed by atoms with Crippen molar-refractivity contribution in [3.63, 3.8) is 0 Å². The predicted molar refractivity (Wildman–Crippen MR) is 89.1 cm³/mol. The molecule has 0 aliphatic carbocycles. The first-order valence-electron chi connectivity index (χ1n) is 6.44. The number of hydrogen-bond donors (Lipinski definition) is 2. The van der Waals surface area contributed by atoms with Crippen molar-refractivity contribution in [1.82, 2.24) is 5.43 Å². The Balaban J connectivity index is 2.03. The lowest BCUT2D eigenvalue weighted by Crippen LogP contribution is -2.33. The predicted octanol–water partition coefficient (Wildman–Crippen LogP) is 4.64. The number of hydrazine groups is 1. The van der Waals surface area contributed by atoms with Crippen LogP contribution in [0.4, 0.5) is 4.39 Å². The monoisotopic (exact) mass is 386 g/mol. The van der Waals surface area contributed by atoms with E-state index in [2.05, 4.69) is 33.5 Å². The molecule has 1 heterocycles. The largest absolute Gasteiger partial charge is 0.271 e. The van der Waals surface area contributed by atoms with Crippen LogP contribution in [0, 0.1) is 5.82 Å². The number of rotatable bonds is 3. The SMILES string of the molecule is NNC(c1ccc(Br)c(Cl)c1F)C1CSc2ccccc21. The van der Waals surface area contributed by atoms with Gasteiger partial charge < -0.3 is 0 Å². The Hall–Kier alpha value is -0.590. The molecule has 2 atom stereocenters. The molecule has 2 aromatic rings. The van der Waals surface area contributed by atoms with Gasteiger partial charge in [0.15, 0.2) is 0 Å². The fraction of sp³-hybridized carbons (Fsp3) is 0.200. The summed E-state index contributed by atoms with van der Waals surface area (Å²) in [6.07, 6.45) is 0. The molecule has 2 aromatic carbocycles. The fourth-order valence-electron chi connectivity index (χ4n) is 2.67. The Morgan fingerprint density at radius 2 is 2.10 bits per heavy atom. The molecule has 3 N–H and O–H groups in total. The highest BCUT2D eigenvalue weighted by molar-refractivity contribution is 9.10. The van der Waals surface area contributed by atoms with Crippen molar-refractivity contribution < 1.29 is 4.39 Å². The third kappa shape index (κ3) is 2.73. The zero-order chi connectivity index (χ0) is 15.0. The molecular formula is C15H13BrClFN2S. The number of nitrogens with two attached hydrogens (primary N) is 1. The normalized spacial score (nSPS) is 18.6. The second kappa shape index (κ2) is 6.26. The highest BCUT2D eigenvalue weighted by Gasteiger charge is 2.32. The molecule has 0 bridgehead atoms. The minimum Gasteiger partial charge on any atom is -0.271 e. The summed E-state index contributed by atoms with van der Waals surface area (Å²) in [6, 6.07) is 11.3. The first-order valence-corrected chi connectivity index (χ1v) is 8.60. The van der Waals surface area contributed by atoms with Crippen molar-refractivity contribution in [2.24, 2.45) is 5.84 Å². The summed E-state index contributed by atoms with van der Waals surface area (Å²) in [5.74, 6) is 6.27. The van der Waals surface area contributed by atoms with E-state index in [9.17, 15) is 4.39 Å². The molecule has 1 aliphatic rings. The van der Waals surface area contributed by atoms with Crippen molar-refractivity contribution in [2.75, 3.05) is 5.75 Å². The third-order valence-electron chi connectivity index (χ3n) is 3.72. The lowest BCUT2D eigenvalue weighted by atomic mass is 9.89. The molecule has 0 spiro atoms.